The molecule has 3 aromatic rings. The second kappa shape index (κ2) is 10.3. The van der Waals surface area contributed by atoms with E-state index in [4.69, 9.17) is 4.74 Å². The molecule has 0 aromatic heterocycles. The van der Waals surface area contributed by atoms with Gasteiger partial charge in [0.1, 0.15) is 6.10 Å². The van der Waals surface area contributed by atoms with Gasteiger partial charge in [-0.1, -0.05) is 103 Å². The highest BCUT2D eigenvalue weighted by molar-refractivity contribution is 5.48. The Bertz CT molecular complexity index is 730. The summed E-state index contributed by atoms with van der Waals surface area (Å²) in [7, 11) is 0. The average Bonchev–Trinajstić information content (AvgIpc) is 2.72. The van der Waals surface area contributed by atoms with E-state index in [0.29, 0.717) is 6.61 Å². The first-order chi connectivity index (χ1) is 12.9. The molecule has 0 heterocycles. The van der Waals surface area contributed by atoms with Crippen LogP contribution in [0, 0.1) is 0 Å². The van der Waals surface area contributed by atoms with Gasteiger partial charge in [0.15, 0.2) is 0 Å². The summed E-state index contributed by atoms with van der Waals surface area (Å²) in [6.45, 7) is 2.31. The van der Waals surface area contributed by atoms with Gasteiger partial charge in [-0.25, -0.2) is 0 Å². The van der Waals surface area contributed by atoms with Crippen molar-refractivity contribution in [1.82, 2.24) is 5.32 Å². The molecule has 0 spiro atoms. The van der Waals surface area contributed by atoms with Gasteiger partial charge < -0.3 is 10.1 Å². The maximum Gasteiger partial charge on any atom is 0.108 e. The Morgan fingerprint density at radius 2 is 1.27 bits per heavy atom. The van der Waals surface area contributed by atoms with Crippen LogP contribution in [0.4, 0.5) is 0 Å². The highest BCUT2D eigenvalue weighted by Crippen LogP contribution is 2.25. The molecule has 0 fully saturated rings. The third-order valence-electron chi connectivity index (χ3n) is 4.14. The summed E-state index contributed by atoms with van der Waals surface area (Å²) in [6, 6.07) is 31.1. The molecule has 132 valence electrons. The van der Waals surface area contributed by atoms with Crippen molar-refractivity contribution in [3.05, 3.63) is 114 Å². The molecule has 0 saturated heterocycles. The first kappa shape index (κ1) is 18.1. The molecular formula is C24H25NO. The summed E-state index contributed by atoms with van der Waals surface area (Å²) >= 11 is 0. The largest absolute Gasteiger partial charge is 0.367 e. The molecule has 0 radical (unpaired) electrons. The SMILES string of the molecule is C(=C\c1ccccc1)/CNCCOC(c1ccccc1)c1ccccc1. The zero-order chi connectivity index (χ0) is 17.9. The Kier molecular flexibility index (Phi) is 7.21. The van der Waals surface area contributed by atoms with Crippen molar-refractivity contribution >= 4 is 6.08 Å². The van der Waals surface area contributed by atoms with E-state index in [1.165, 1.54) is 16.7 Å². The van der Waals surface area contributed by atoms with Crippen LogP contribution in [0.25, 0.3) is 6.08 Å². The topological polar surface area (TPSA) is 21.3 Å². The molecule has 26 heavy (non-hydrogen) atoms. The van der Waals surface area contributed by atoms with Crippen LogP contribution in [0.1, 0.15) is 22.8 Å². The van der Waals surface area contributed by atoms with Crippen molar-refractivity contribution in [2.45, 2.75) is 6.10 Å². The molecular weight excluding hydrogens is 318 g/mol. The van der Waals surface area contributed by atoms with Gasteiger partial charge in [0.05, 0.1) is 6.61 Å². The van der Waals surface area contributed by atoms with Crippen LogP contribution in [0.5, 0.6) is 0 Å². The Morgan fingerprint density at radius 1 is 0.731 bits per heavy atom. The van der Waals surface area contributed by atoms with Crippen molar-refractivity contribution in [2.24, 2.45) is 0 Å². The van der Waals surface area contributed by atoms with Gasteiger partial charge in [-0.05, 0) is 16.7 Å². The second-order valence-corrected chi connectivity index (χ2v) is 6.09. The quantitative estimate of drug-likeness (QED) is 0.546. The summed E-state index contributed by atoms with van der Waals surface area (Å²) in [5.74, 6) is 0. The fourth-order valence-electron chi connectivity index (χ4n) is 2.83. The molecule has 0 saturated carbocycles. The molecule has 3 aromatic carbocycles. The van der Waals surface area contributed by atoms with Crippen LogP contribution in [0.3, 0.4) is 0 Å². The molecule has 3 rings (SSSR count). The number of ether oxygens (including phenoxy) is 1. The molecule has 0 bridgehead atoms. The first-order valence-electron chi connectivity index (χ1n) is 9.07. The summed E-state index contributed by atoms with van der Waals surface area (Å²) in [4.78, 5) is 0. The number of hydrogen-bond donors (Lipinski definition) is 1. The van der Waals surface area contributed by atoms with E-state index in [1.54, 1.807) is 0 Å². The summed E-state index contributed by atoms with van der Waals surface area (Å²) in [5.41, 5.74) is 3.59. The standard InChI is InChI=1S/C24H25NO/c1-4-11-21(12-5-1)13-10-18-25-19-20-26-24(22-14-6-2-7-15-22)23-16-8-3-9-17-23/h1-17,24-25H,18-20H2/b13-10+. The van der Waals surface area contributed by atoms with Gasteiger partial charge >= 0.3 is 0 Å². The third kappa shape index (κ3) is 5.69. The normalized spacial score (nSPS) is 11.3. The van der Waals surface area contributed by atoms with Crippen LogP contribution in [-0.2, 0) is 4.74 Å². The van der Waals surface area contributed by atoms with Crippen molar-refractivity contribution in [1.29, 1.82) is 0 Å². The zero-order valence-corrected chi connectivity index (χ0v) is 14.9. The van der Waals surface area contributed by atoms with E-state index in [1.807, 2.05) is 30.3 Å². The number of benzene rings is 3. The maximum absolute atomic E-state index is 6.19. The fraction of sp³-hybridized carbons (Fsp3) is 0.167. The number of hydrogen-bond acceptors (Lipinski definition) is 2. The van der Waals surface area contributed by atoms with E-state index in [2.05, 4.69) is 78.1 Å². The number of nitrogens with one attached hydrogen (secondary N) is 1. The monoisotopic (exact) mass is 343 g/mol. The van der Waals surface area contributed by atoms with Crippen molar-refractivity contribution in [3.8, 4) is 0 Å². The van der Waals surface area contributed by atoms with Crippen LogP contribution in [0.15, 0.2) is 97.1 Å². The lowest BCUT2D eigenvalue weighted by atomic mass is 10.0. The molecule has 1 N–H and O–H groups in total. The Balaban J connectivity index is 1.47. The minimum Gasteiger partial charge on any atom is -0.367 e. The predicted molar refractivity (Wildman–Crippen MR) is 109 cm³/mol. The van der Waals surface area contributed by atoms with Gasteiger partial charge in [-0.3, -0.25) is 0 Å². The minimum atomic E-state index is -0.0286. The first-order valence-corrected chi connectivity index (χ1v) is 9.07. The van der Waals surface area contributed by atoms with E-state index in [9.17, 15) is 0 Å². The fourth-order valence-corrected chi connectivity index (χ4v) is 2.83. The summed E-state index contributed by atoms with van der Waals surface area (Å²) < 4.78 is 6.19. The van der Waals surface area contributed by atoms with Gasteiger partial charge in [0.2, 0.25) is 0 Å². The smallest absolute Gasteiger partial charge is 0.108 e. The van der Waals surface area contributed by atoms with Gasteiger partial charge in [0.25, 0.3) is 0 Å². The van der Waals surface area contributed by atoms with Crippen molar-refractivity contribution < 1.29 is 4.74 Å². The highest BCUT2D eigenvalue weighted by atomic mass is 16.5. The van der Waals surface area contributed by atoms with E-state index in [0.717, 1.165) is 13.1 Å². The predicted octanol–water partition coefficient (Wildman–Crippen LogP) is 5.10. The average molecular weight is 343 g/mol. The maximum atomic E-state index is 6.19. The molecule has 0 aliphatic carbocycles. The Morgan fingerprint density at radius 3 is 1.85 bits per heavy atom. The Labute approximate surface area is 156 Å². The summed E-state index contributed by atoms with van der Waals surface area (Å²) in [5, 5.41) is 3.40. The van der Waals surface area contributed by atoms with Gasteiger partial charge in [-0.15, -0.1) is 0 Å². The highest BCUT2D eigenvalue weighted by Gasteiger charge is 2.13. The van der Waals surface area contributed by atoms with E-state index >= 15 is 0 Å². The van der Waals surface area contributed by atoms with E-state index < -0.39 is 0 Å². The number of rotatable bonds is 9. The van der Waals surface area contributed by atoms with Gasteiger partial charge in [-0.2, -0.15) is 0 Å². The molecule has 0 atom stereocenters. The van der Waals surface area contributed by atoms with Crippen LogP contribution >= 0.6 is 0 Å². The lowest BCUT2D eigenvalue weighted by Crippen LogP contribution is -2.21. The zero-order valence-electron chi connectivity index (χ0n) is 14.9. The minimum absolute atomic E-state index is 0.0286. The van der Waals surface area contributed by atoms with Crippen molar-refractivity contribution in [3.63, 3.8) is 0 Å². The second-order valence-electron chi connectivity index (χ2n) is 6.09. The Hall–Kier alpha value is -2.68. The lowest BCUT2D eigenvalue weighted by molar-refractivity contribution is 0.0826. The van der Waals surface area contributed by atoms with Crippen LogP contribution < -0.4 is 5.32 Å². The van der Waals surface area contributed by atoms with Crippen LogP contribution in [0.2, 0.25) is 0 Å². The molecule has 0 aliphatic rings. The summed E-state index contributed by atoms with van der Waals surface area (Å²) in [6.07, 6.45) is 4.24. The van der Waals surface area contributed by atoms with Crippen LogP contribution in [-0.4, -0.2) is 19.7 Å². The van der Waals surface area contributed by atoms with E-state index in [-0.39, 0.29) is 6.10 Å². The third-order valence-corrected chi connectivity index (χ3v) is 4.14. The molecule has 2 heteroatoms. The molecule has 0 unspecified atom stereocenters. The molecule has 0 aliphatic heterocycles. The van der Waals surface area contributed by atoms with Gasteiger partial charge in [0, 0.05) is 13.1 Å². The van der Waals surface area contributed by atoms with Crippen molar-refractivity contribution in [2.75, 3.05) is 19.7 Å². The molecule has 2 nitrogen and oxygen atoms in total. The molecule has 0 amide bonds. The lowest BCUT2D eigenvalue weighted by Gasteiger charge is -2.19.